The van der Waals surface area contributed by atoms with Gasteiger partial charge in [0.1, 0.15) is 30.2 Å². The molecule has 1 saturated heterocycles. The molecule has 4 atom stereocenters. The van der Waals surface area contributed by atoms with Crippen molar-refractivity contribution in [2.75, 3.05) is 12.3 Å². The normalized spacial score (nSPS) is 28.1. The second-order valence-electron chi connectivity index (χ2n) is 4.31. The van der Waals surface area contributed by atoms with Crippen molar-refractivity contribution < 1.29 is 20.1 Å². The average molecular weight is 315 g/mol. The molecule has 5 N–H and O–H groups in total. The van der Waals surface area contributed by atoms with Gasteiger partial charge in [0.05, 0.1) is 12.9 Å². The second kappa shape index (κ2) is 7.64. The molecule has 3 rings (SSSR count). The zero-order valence-corrected chi connectivity index (χ0v) is 9.79. The fraction of sp³-hybridized carbons (Fsp3) is 0.500. The summed E-state index contributed by atoms with van der Waals surface area (Å²) in [6.07, 6.45) is -1.42. The van der Waals surface area contributed by atoms with Gasteiger partial charge in [0.15, 0.2) is 17.7 Å². The first-order valence-corrected chi connectivity index (χ1v) is 5.69. The summed E-state index contributed by atoms with van der Waals surface area (Å²) in [5.74, 6) is 0.218. The van der Waals surface area contributed by atoms with Crippen LogP contribution in [0.2, 0.25) is 0 Å². The van der Waals surface area contributed by atoms with Gasteiger partial charge in [0.2, 0.25) is 0 Å². The van der Waals surface area contributed by atoms with Crippen LogP contribution in [0.15, 0.2) is 12.7 Å². The summed E-state index contributed by atoms with van der Waals surface area (Å²) in [4.78, 5) is 11.9. The molecule has 1 aliphatic heterocycles. The summed E-state index contributed by atoms with van der Waals surface area (Å²) in [5.41, 5.74) is 6.44. The third-order valence-electron chi connectivity index (χ3n) is 3.18. The molecule has 0 saturated carbocycles. The number of fused-ring (bicyclic) bond motifs is 1. The van der Waals surface area contributed by atoms with E-state index in [2.05, 4.69) is 15.0 Å². The van der Waals surface area contributed by atoms with E-state index in [-0.39, 0.29) is 64.9 Å². The number of anilines is 1. The van der Waals surface area contributed by atoms with Gasteiger partial charge in [-0.15, -0.1) is 0 Å². The van der Waals surface area contributed by atoms with Crippen molar-refractivity contribution in [3.8, 4) is 0 Å². The first-order chi connectivity index (χ1) is 9.13. The molecule has 0 aromatic carbocycles. The molecule has 0 spiro atoms. The Balaban J connectivity index is 0.00000110. The molecule has 11 heteroatoms. The van der Waals surface area contributed by atoms with Crippen LogP contribution in [0.25, 0.3) is 11.2 Å². The zero-order valence-electron chi connectivity index (χ0n) is 9.79. The summed E-state index contributed by atoms with van der Waals surface area (Å²) in [5, 5.41) is 28.7. The fourth-order valence-corrected chi connectivity index (χ4v) is 2.17. The Labute approximate surface area is 164 Å². The van der Waals surface area contributed by atoms with Crippen molar-refractivity contribution in [3.63, 3.8) is 0 Å². The second-order valence-corrected chi connectivity index (χ2v) is 4.31. The number of nitrogens with two attached hydrogens (primary N) is 1. The molecule has 21 heavy (non-hydrogen) atoms. The zero-order chi connectivity index (χ0) is 13.6. The van der Waals surface area contributed by atoms with Crippen molar-refractivity contribution in [2.45, 2.75) is 24.5 Å². The number of hydrogen-bond acceptors (Lipinski definition) is 8. The van der Waals surface area contributed by atoms with Gasteiger partial charge in [-0.3, -0.25) is 4.57 Å². The molecule has 0 unspecified atom stereocenters. The van der Waals surface area contributed by atoms with E-state index in [9.17, 15) is 10.2 Å². The molecule has 1 aliphatic rings. The SMILES string of the molecule is Nc1ncnc2c1ncn2[C@@H]1O[C@H](CO)[C@@H](O)[C@H]1O.[NaH].[NaH]. The van der Waals surface area contributed by atoms with Gasteiger partial charge in [-0.05, 0) is 0 Å². The van der Waals surface area contributed by atoms with Crippen LogP contribution < -0.4 is 5.73 Å². The molecular weight excluding hydrogens is 300 g/mol. The van der Waals surface area contributed by atoms with Crippen molar-refractivity contribution in [1.29, 1.82) is 0 Å². The van der Waals surface area contributed by atoms with E-state index in [1.165, 1.54) is 17.2 Å². The van der Waals surface area contributed by atoms with Crippen LogP contribution in [-0.4, -0.2) is 119 Å². The quantitative estimate of drug-likeness (QED) is 0.423. The summed E-state index contributed by atoms with van der Waals surface area (Å²) >= 11 is 0. The van der Waals surface area contributed by atoms with Gasteiger partial charge in [-0.2, -0.15) is 0 Å². The van der Waals surface area contributed by atoms with Gasteiger partial charge < -0.3 is 25.8 Å². The fourth-order valence-electron chi connectivity index (χ4n) is 2.17. The third kappa shape index (κ3) is 3.27. The van der Waals surface area contributed by atoms with Gasteiger partial charge in [-0.1, -0.05) is 0 Å². The first kappa shape index (κ1) is 19.2. The molecule has 0 bridgehead atoms. The Bertz CT molecular complexity index is 612. The van der Waals surface area contributed by atoms with E-state index >= 15 is 0 Å². The maximum absolute atomic E-state index is 9.95. The molecular formula is C10H15N5Na2O4. The Hall–Kier alpha value is 0.190. The predicted octanol–water partition coefficient (Wildman–Crippen LogP) is -3.28. The molecule has 3 heterocycles. The number of rotatable bonds is 2. The monoisotopic (exact) mass is 315 g/mol. The summed E-state index contributed by atoms with van der Waals surface area (Å²) in [6, 6.07) is 0. The Kier molecular flexibility index (Phi) is 7.00. The average Bonchev–Trinajstić information content (AvgIpc) is 2.94. The number of aromatic nitrogens is 4. The van der Waals surface area contributed by atoms with Crippen LogP contribution in [-0.2, 0) is 4.74 Å². The molecule has 9 nitrogen and oxygen atoms in total. The standard InChI is InChI=1S/C10H13N5O4.2Na.2H/c11-8-5-9(13-2-12-8)15(3-14-5)10-7(18)6(17)4(1-16)19-10;;;;/h2-4,6-7,10,16-18H,1H2,(H2,11,12,13);;;;/t4-,6-,7-,10-;;;;/m1..../s1. The van der Waals surface area contributed by atoms with Crippen LogP contribution in [0, 0.1) is 0 Å². The summed E-state index contributed by atoms with van der Waals surface area (Å²) < 4.78 is 6.85. The topological polar surface area (TPSA) is 140 Å². The van der Waals surface area contributed by atoms with Crippen LogP contribution in [0.4, 0.5) is 5.82 Å². The van der Waals surface area contributed by atoms with Crippen molar-refractivity contribution >= 4 is 76.1 Å². The summed E-state index contributed by atoms with van der Waals surface area (Å²) in [7, 11) is 0. The van der Waals surface area contributed by atoms with E-state index < -0.39 is 31.1 Å². The molecule has 0 amide bonds. The Morgan fingerprint density at radius 2 is 1.90 bits per heavy atom. The van der Waals surface area contributed by atoms with Crippen LogP contribution in [0.3, 0.4) is 0 Å². The van der Waals surface area contributed by atoms with E-state index in [0.29, 0.717) is 11.2 Å². The number of ether oxygens (including phenoxy) is 1. The van der Waals surface area contributed by atoms with Crippen LogP contribution in [0.1, 0.15) is 6.23 Å². The molecule has 1 fully saturated rings. The van der Waals surface area contributed by atoms with Crippen molar-refractivity contribution in [1.82, 2.24) is 19.5 Å². The number of hydrogen-bond donors (Lipinski definition) is 4. The number of imidazole rings is 1. The minimum atomic E-state index is -1.19. The molecule has 0 aliphatic carbocycles. The number of aliphatic hydroxyl groups is 3. The van der Waals surface area contributed by atoms with Gasteiger partial charge in [0, 0.05) is 0 Å². The van der Waals surface area contributed by atoms with Crippen molar-refractivity contribution in [3.05, 3.63) is 12.7 Å². The van der Waals surface area contributed by atoms with Gasteiger partial charge in [0.25, 0.3) is 0 Å². The van der Waals surface area contributed by atoms with Crippen LogP contribution >= 0.6 is 0 Å². The Morgan fingerprint density at radius 1 is 1.19 bits per heavy atom. The maximum atomic E-state index is 9.95. The molecule has 106 valence electrons. The predicted molar refractivity (Wildman–Crippen MR) is 77.0 cm³/mol. The Morgan fingerprint density at radius 3 is 2.52 bits per heavy atom. The number of nitrogen functional groups attached to an aromatic ring is 1. The van der Waals surface area contributed by atoms with E-state index in [0.717, 1.165) is 0 Å². The van der Waals surface area contributed by atoms with Crippen LogP contribution in [0.5, 0.6) is 0 Å². The van der Waals surface area contributed by atoms with Gasteiger partial charge in [-0.25, -0.2) is 15.0 Å². The first-order valence-electron chi connectivity index (χ1n) is 5.69. The third-order valence-corrected chi connectivity index (χ3v) is 3.18. The van der Waals surface area contributed by atoms with E-state index in [1.54, 1.807) is 0 Å². The molecule has 0 radical (unpaired) electrons. The minimum absolute atomic E-state index is 0. The summed E-state index contributed by atoms with van der Waals surface area (Å²) in [6.45, 7) is -0.390. The van der Waals surface area contributed by atoms with Gasteiger partial charge >= 0.3 is 59.1 Å². The molecule has 2 aromatic heterocycles. The van der Waals surface area contributed by atoms with Crippen molar-refractivity contribution in [2.24, 2.45) is 0 Å². The molecule has 2 aromatic rings. The van der Waals surface area contributed by atoms with E-state index in [1.807, 2.05) is 0 Å². The number of aliphatic hydroxyl groups excluding tert-OH is 3. The van der Waals surface area contributed by atoms with E-state index in [4.69, 9.17) is 15.6 Å². The number of nitrogens with zero attached hydrogens (tertiary/aromatic N) is 4.